The van der Waals surface area contributed by atoms with E-state index in [4.69, 9.17) is 11.0 Å². The Morgan fingerprint density at radius 2 is 2.22 bits per heavy atom. The first kappa shape index (κ1) is 11.9. The van der Waals surface area contributed by atoms with Gasteiger partial charge >= 0.3 is 0 Å². The molecular formula is C11H13N7. The predicted octanol–water partition coefficient (Wildman–Crippen LogP) is 0.883. The number of nitrogens with zero attached hydrogens (tertiary/aromatic N) is 4. The van der Waals surface area contributed by atoms with Gasteiger partial charge in [0.2, 0.25) is 0 Å². The van der Waals surface area contributed by atoms with Gasteiger partial charge in [-0.25, -0.2) is 0 Å². The van der Waals surface area contributed by atoms with Crippen LogP contribution in [0.25, 0.3) is 0 Å². The SMILES string of the molecule is Cc1nnc(NCc2cn[nH]c2N)c(C#N)c1C. The largest absolute Gasteiger partial charge is 0.384 e. The Kier molecular flexibility index (Phi) is 3.10. The number of hydrogen-bond donors (Lipinski definition) is 3. The van der Waals surface area contributed by atoms with Gasteiger partial charge < -0.3 is 11.1 Å². The summed E-state index contributed by atoms with van der Waals surface area (Å²) in [4.78, 5) is 0. The number of aromatic amines is 1. The number of nitrogen functional groups attached to an aromatic ring is 1. The summed E-state index contributed by atoms with van der Waals surface area (Å²) >= 11 is 0. The summed E-state index contributed by atoms with van der Waals surface area (Å²) in [6.45, 7) is 4.11. The Morgan fingerprint density at radius 3 is 2.83 bits per heavy atom. The second-order valence-electron chi connectivity index (χ2n) is 3.91. The maximum atomic E-state index is 9.13. The van der Waals surface area contributed by atoms with Crippen molar-refractivity contribution in [1.82, 2.24) is 20.4 Å². The summed E-state index contributed by atoms with van der Waals surface area (Å²) in [6, 6.07) is 2.13. The number of rotatable bonds is 3. The molecule has 0 aliphatic rings. The summed E-state index contributed by atoms with van der Waals surface area (Å²) in [7, 11) is 0. The fourth-order valence-corrected chi connectivity index (χ4v) is 1.51. The minimum absolute atomic E-state index is 0.439. The molecule has 7 heteroatoms. The van der Waals surface area contributed by atoms with Gasteiger partial charge in [0.05, 0.1) is 11.9 Å². The van der Waals surface area contributed by atoms with Crippen LogP contribution >= 0.6 is 0 Å². The van der Waals surface area contributed by atoms with Crippen molar-refractivity contribution in [2.24, 2.45) is 0 Å². The zero-order valence-corrected chi connectivity index (χ0v) is 10.2. The third kappa shape index (κ3) is 2.08. The number of H-pyrrole nitrogens is 1. The van der Waals surface area contributed by atoms with Crippen LogP contribution in [-0.4, -0.2) is 20.4 Å². The van der Waals surface area contributed by atoms with Gasteiger partial charge in [0.15, 0.2) is 5.82 Å². The highest BCUT2D eigenvalue weighted by atomic mass is 15.2. The van der Waals surface area contributed by atoms with E-state index in [2.05, 4.69) is 31.8 Å². The van der Waals surface area contributed by atoms with Gasteiger partial charge in [0, 0.05) is 12.1 Å². The van der Waals surface area contributed by atoms with E-state index in [1.54, 1.807) is 6.20 Å². The van der Waals surface area contributed by atoms with Crippen molar-refractivity contribution in [2.45, 2.75) is 20.4 Å². The third-order valence-corrected chi connectivity index (χ3v) is 2.76. The van der Waals surface area contributed by atoms with E-state index >= 15 is 0 Å². The molecule has 2 rings (SSSR count). The number of nitrogens with two attached hydrogens (primary N) is 1. The summed E-state index contributed by atoms with van der Waals surface area (Å²) in [5.41, 5.74) is 8.57. The number of nitrogens with one attached hydrogen (secondary N) is 2. The van der Waals surface area contributed by atoms with Crippen molar-refractivity contribution in [3.63, 3.8) is 0 Å². The molecule has 0 aliphatic carbocycles. The van der Waals surface area contributed by atoms with Gasteiger partial charge in [0.1, 0.15) is 17.5 Å². The van der Waals surface area contributed by atoms with Crippen LogP contribution in [0.3, 0.4) is 0 Å². The lowest BCUT2D eigenvalue weighted by Gasteiger charge is -2.08. The average Bonchev–Trinajstić information content (AvgIpc) is 2.76. The van der Waals surface area contributed by atoms with Crippen molar-refractivity contribution in [2.75, 3.05) is 11.1 Å². The number of nitriles is 1. The summed E-state index contributed by atoms with van der Waals surface area (Å²) in [5.74, 6) is 0.957. The molecule has 0 bridgehead atoms. The molecule has 0 amide bonds. The summed E-state index contributed by atoms with van der Waals surface area (Å²) < 4.78 is 0. The van der Waals surface area contributed by atoms with Gasteiger partial charge in [-0.15, -0.1) is 5.10 Å². The third-order valence-electron chi connectivity index (χ3n) is 2.76. The molecule has 92 valence electrons. The van der Waals surface area contributed by atoms with E-state index in [0.29, 0.717) is 23.7 Å². The first-order valence-corrected chi connectivity index (χ1v) is 5.39. The molecule has 2 aromatic rings. The van der Waals surface area contributed by atoms with Crippen LogP contribution in [0.5, 0.6) is 0 Å². The molecular weight excluding hydrogens is 230 g/mol. The van der Waals surface area contributed by atoms with E-state index in [0.717, 1.165) is 16.8 Å². The van der Waals surface area contributed by atoms with Crippen molar-refractivity contribution >= 4 is 11.6 Å². The molecule has 0 saturated carbocycles. The molecule has 7 nitrogen and oxygen atoms in total. The Hall–Kier alpha value is -2.62. The zero-order valence-electron chi connectivity index (χ0n) is 10.2. The van der Waals surface area contributed by atoms with Gasteiger partial charge in [0.25, 0.3) is 0 Å². The predicted molar refractivity (Wildman–Crippen MR) is 66.5 cm³/mol. The number of anilines is 2. The molecule has 0 unspecified atom stereocenters. The molecule has 0 radical (unpaired) electrons. The topological polar surface area (TPSA) is 116 Å². The molecule has 0 aliphatic heterocycles. The second-order valence-corrected chi connectivity index (χ2v) is 3.91. The molecule has 0 spiro atoms. The second kappa shape index (κ2) is 4.71. The van der Waals surface area contributed by atoms with Crippen molar-refractivity contribution in [3.05, 3.63) is 28.6 Å². The Labute approximate surface area is 104 Å². The van der Waals surface area contributed by atoms with Gasteiger partial charge in [-0.05, 0) is 19.4 Å². The minimum atomic E-state index is 0.439. The first-order valence-electron chi connectivity index (χ1n) is 5.39. The summed E-state index contributed by atoms with van der Waals surface area (Å²) in [6.07, 6.45) is 1.63. The zero-order chi connectivity index (χ0) is 13.1. The normalized spacial score (nSPS) is 10.1. The first-order chi connectivity index (χ1) is 8.63. The Balaban J connectivity index is 2.23. The number of aryl methyl sites for hydroxylation is 1. The lowest BCUT2D eigenvalue weighted by molar-refractivity contribution is 0.941. The van der Waals surface area contributed by atoms with E-state index in [1.165, 1.54) is 0 Å². The van der Waals surface area contributed by atoms with Gasteiger partial charge in [-0.2, -0.15) is 15.5 Å². The minimum Gasteiger partial charge on any atom is -0.384 e. The van der Waals surface area contributed by atoms with Crippen LogP contribution in [0.2, 0.25) is 0 Å². The Morgan fingerprint density at radius 1 is 1.44 bits per heavy atom. The van der Waals surface area contributed by atoms with Crippen LogP contribution in [0.4, 0.5) is 11.6 Å². The van der Waals surface area contributed by atoms with Gasteiger partial charge in [-0.1, -0.05) is 0 Å². The van der Waals surface area contributed by atoms with Crippen LogP contribution < -0.4 is 11.1 Å². The standard InChI is InChI=1S/C11H13N7/c1-6-7(2)16-18-11(9(6)3-12)14-4-8-5-15-17-10(8)13/h5H,4H2,1-2H3,(H,14,18)(H3,13,15,17). The molecule has 0 fully saturated rings. The lowest BCUT2D eigenvalue weighted by atomic mass is 10.1. The Bertz CT molecular complexity index is 608. The maximum absolute atomic E-state index is 9.13. The van der Waals surface area contributed by atoms with Crippen molar-refractivity contribution in [1.29, 1.82) is 5.26 Å². The van der Waals surface area contributed by atoms with Crippen LogP contribution in [0, 0.1) is 25.2 Å². The smallest absolute Gasteiger partial charge is 0.167 e. The van der Waals surface area contributed by atoms with Crippen LogP contribution in [0.1, 0.15) is 22.4 Å². The number of hydrogen-bond acceptors (Lipinski definition) is 6. The van der Waals surface area contributed by atoms with Crippen LogP contribution in [-0.2, 0) is 6.54 Å². The quantitative estimate of drug-likeness (QED) is 0.736. The highest BCUT2D eigenvalue weighted by molar-refractivity contribution is 5.56. The molecule has 2 heterocycles. The number of aromatic nitrogens is 4. The molecule has 2 aromatic heterocycles. The molecule has 0 atom stereocenters. The van der Waals surface area contributed by atoms with E-state index in [9.17, 15) is 0 Å². The fraction of sp³-hybridized carbons (Fsp3) is 0.273. The highest BCUT2D eigenvalue weighted by Crippen LogP contribution is 2.18. The molecule has 0 aromatic carbocycles. The molecule has 4 N–H and O–H groups in total. The van der Waals surface area contributed by atoms with Crippen molar-refractivity contribution < 1.29 is 0 Å². The average molecular weight is 243 g/mol. The van der Waals surface area contributed by atoms with E-state index < -0.39 is 0 Å². The van der Waals surface area contributed by atoms with Crippen molar-refractivity contribution in [3.8, 4) is 6.07 Å². The highest BCUT2D eigenvalue weighted by Gasteiger charge is 2.11. The summed E-state index contributed by atoms with van der Waals surface area (Å²) in [5, 5.41) is 26.6. The molecule has 0 saturated heterocycles. The maximum Gasteiger partial charge on any atom is 0.167 e. The lowest BCUT2D eigenvalue weighted by Crippen LogP contribution is -2.08. The van der Waals surface area contributed by atoms with E-state index in [1.807, 2.05) is 13.8 Å². The van der Waals surface area contributed by atoms with Crippen LogP contribution in [0.15, 0.2) is 6.20 Å². The monoisotopic (exact) mass is 243 g/mol. The molecule has 18 heavy (non-hydrogen) atoms. The van der Waals surface area contributed by atoms with E-state index in [-0.39, 0.29) is 0 Å². The fourth-order valence-electron chi connectivity index (χ4n) is 1.51. The van der Waals surface area contributed by atoms with Gasteiger partial charge in [-0.3, -0.25) is 5.10 Å².